The lowest BCUT2D eigenvalue weighted by Crippen LogP contribution is -2.38. The van der Waals surface area contributed by atoms with Crippen LogP contribution in [0.1, 0.15) is 29.8 Å². The third-order valence-corrected chi connectivity index (χ3v) is 6.92. The number of anilines is 2. The molecule has 9 heteroatoms. The van der Waals surface area contributed by atoms with Crippen molar-refractivity contribution >= 4 is 33.2 Å². The fourth-order valence-electron chi connectivity index (χ4n) is 3.26. The normalized spacial score (nSPS) is 11.2. The third-order valence-electron chi connectivity index (χ3n) is 5.13. The number of hydrogen-bond acceptors (Lipinski definition) is 4. The molecular weight excluding hydrogens is 469 g/mol. The van der Waals surface area contributed by atoms with E-state index in [0.717, 1.165) is 34.1 Å². The first kappa shape index (κ1) is 25.9. The summed E-state index contributed by atoms with van der Waals surface area (Å²) in [7, 11) is -4.19. The van der Waals surface area contributed by atoms with E-state index >= 15 is 0 Å². The van der Waals surface area contributed by atoms with E-state index in [0.29, 0.717) is 6.54 Å². The first-order valence-corrected chi connectivity index (χ1v) is 12.5. The molecule has 3 rings (SSSR count). The highest BCUT2D eigenvalue weighted by Gasteiger charge is 2.27. The van der Waals surface area contributed by atoms with Crippen LogP contribution in [0.5, 0.6) is 0 Å². The van der Waals surface area contributed by atoms with Crippen LogP contribution >= 0.6 is 0 Å². The first-order chi connectivity index (χ1) is 16.6. The van der Waals surface area contributed by atoms with Gasteiger partial charge in [0.05, 0.1) is 21.8 Å². The molecule has 0 aliphatic heterocycles. The Bertz CT molecular complexity index is 1290. The molecule has 0 spiro atoms. The van der Waals surface area contributed by atoms with E-state index in [1.54, 1.807) is 48.5 Å². The van der Waals surface area contributed by atoms with Crippen LogP contribution < -0.4 is 14.9 Å². The van der Waals surface area contributed by atoms with Crippen molar-refractivity contribution in [2.24, 2.45) is 5.92 Å². The van der Waals surface area contributed by atoms with E-state index < -0.39 is 28.3 Å². The number of carbonyl (C=O) groups is 2. The predicted molar refractivity (Wildman–Crippen MR) is 134 cm³/mol. The quantitative estimate of drug-likeness (QED) is 0.459. The van der Waals surface area contributed by atoms with Crippen molar-refractivity contribution in [1.82, 2.24) is 5.32 Å². The summed E-state index contributed by atoms with van der Waals surface area (Å²) in [4.78, 5) is 25.5. The van der Waals surface area contributed by atoms with E-state index in [1.165, 1.54) is 0 Å². The maximum atomic E-state index is 13.4. The van der Waals surface area contributed by atoms with Gasteiger partial charge in [-0.25, -0.2) is 12.8 Å². The van der Waals surface area contributed by atoms with Gasteiger partial charge < -0.3 is 10.6 Å². The second kappa shape index (κ2) is 11.1. The second-order valence-corrected chi connectivity index (χ2v) is 10.4. The zero-order valence-corrected chi connectivity index (χ0v) is 20.6. The average Bonchev–Trinajstić information content (AvgIpc) is 2.82. The highest BCUT2D eigenvalue weighted by atomic mass is 32.2. The van der Waals surface area contributed by atoms with Crippen LogP contribution in [0.15, 0.2) is 77.7 Å². The van der Waals surface area contributed by atoms with Gasteiger partial charge in [-0.3, -0.25) is 13.9 Å². The highest BCUT2D eigenvalue weighted by molar-refractivity contribution is 7.92. The van der Waals surface area contributed by atoms with Gasteiger partial charge in [0.1, 0.15) is 12.4 Å². The number of nitrogens with one attached hydrogen (secondary N) is 2. The minimum absolute atomic E-state index is 0.152. The van der Waals surface area contributed by atoms with Crippen molar-refractivity contribution in [2.75, 3.05) is 22.7 Å². The molecule has 0 saturated heterocycles. The van der Waals surface area contributed by atoms with Crippen molar-refractivity contribution < 1.29 is 22.4 Å². The Morgan fingerprint density at radius 3 is 2.20 bits per heavy atom. The Labute approximate surface area is 205 Å². The van der Waals surface area contributed by atoms with Crippen LogP contribution in [0.2, 0.25) is 0 Å². The molecule has 0 unspecified atom stereocenters. The van der Waals surface area contributed by atoms with Gasteiger partial charge in [0.15, 0.2) is 0 Å². The van der Waals surface area contributed by atoms with Gasteiger partial charge in [-0.15, -0.1) is 0 Å². The number of nitrogens with zero attached hydrogens (tertiary/aromatic N) is 1. The number of hydrogen-bond donors (Lipinski definition) is 2. The smallest absolute Gasteiger partial charge is 0.264 e. The number of halogens is 1. The fourth-order valence-corrected chi connectivity index (χ4v) is 4.68. The molecule has 3 aromatic rings. The highest BCUT2D eigenvalue weighted by Crippen LogP contribution is 2.25. The van der Waals surface area contributed by atoms with Crippen LogP contribution in [-0.2, 0) is 14.8 Å². The van der Waals surface area contributed by atoms with Gasteiger partial charge in [-0.1, -0.05) is 43.7 Å². The molecule has 0 atom stereocenters. The van der Waals surface area contributed by atoms with Crippen LogP contribution in [-0.4, -0.2) is 33.3 Å². The molecule has 2 amide bonds. The summed E-state index contributed by atoms with van der Waals surface area (Å²) < 4.78 is 41.1. The van der Waals surface area contributed by atoms with Crippen LogP contribution in [0.3, 0.4) is 0 Å². The molecule has 184 valence electrons. The molecule has 0 aliphatic carbocycles. The minimum atomic E-state index is -4.19. The number of benzene rings is 3. The molecule has 0 fully saturated rings. The maximum absolute atomic E-state index is 13.4. The van der Waals surface area contributed by atoms with Gasteiger partial charge in [-0.2, -0.15) is 0 Å². The zero-order valence-electron chi connectivity index (χ0n) is 19.8. The maximum Gasteiger partial charge on any atom is 0.264 e. The summed E-state index contributed by atoms with van der Waals surface area (Å²) in [5.41, 5.74) is 1.73. The Morgan fingerprint density at radius 1 is 0.943 bits per heavy atom. The van der Waals surface area contributed by atoms with Crippen molar-refractivity contribution in [3.05, 3.63) is 89.7 Å². The third kappa shape index (κ3) is 6.66. The molecule has 3 aromatic carbocycles. The molecule has 0 radical (unpaired) electrons. The number of para-hydroxylation sites is 1. The number of sulfonamides is 1. The lowest BCUT2D eigenvalue weighted by molar-refractivity contribution is -0.114. The van der Waals surface area contributed by atoms with Gasteiger partial charge >= 0.3 is 0 Å². The largest absolute Gasteiger partial charge is 0.352 e. The van der Waals surface area contributed by atoms with Crippen LogP contribution in [0.4, 0.5) is 15.8 Å². The Kier molecular flexibility index (Phi) is 8.24. The Balaban J connectivity index is 1.89. The molecule has 0 aliphatic rings. The first-order valence-electron chi connectivity index (χ1n) is 11.1. The summed E-state index contributed by atoms with van der Waals surface area (Å²) in [5.74, 6) is -1.30. The molecule has 35 heavy (non-hydrogen) atoms. The van der Waals surface area contributed by atoms with Gasteiger partial charge in [0.2, 0.25) is 5.91 Å². The number of aryl methyl sites for hydroxylation is 1. The molecule has 0 aromatic heterocycles. The summed E-state index contributed by atoms with van der Waals surface area (Å²) in [6.45, 7) is 5.71. The molecule has 0 heterocycles. The van der Waals surface area contributed by atoms with E-state index in [4.69, 9.17) is 0 Å². The van der Waals surface area contributed by atoms with Crippen molar-refractivity contribution in [3.63, 3.8) is 0 Å². The van der Waals surface area contributed by atoms with E-state index in [1.807, 2.05) is 20.8 Å². The van der Waals surface area contributed by atoms with Crippen molar-refractivity contribution in [1.29, 1.82) is 0 Å². The standard InChI is InChI=1S/C26H28FN3O4S/c1-18(2)16-28-26(32)23-6-4-5-7-24(23)29-25(31)17-30(21-12-8-19(3)9-13-21)35(33,34)22-14-10-20(27)11-15-22/h4-15,18H,16-17H2,1-3H3,(H,28,32)(H,29,31). The molecule has 0 saturated carbocycles. The van der Waals surface area contributed by atoms with Crippen molar-refractivity contribution in [3.8, 4) is 0 Å². The summed E-state index contributed by atoms with van der Waals surface area (Å²) in [5, 5.41) is 5.46. The number of rotatable bonds is 9. The van der Waals surface area contributed by atoms with Gasteiger partial charge in [-0.05, 0) is 61.4 Å². The summed E-state index contributed by atoms with van der Waals surface area (Å²) in [6, 6.07) is 17.6. The van der Waals surface area contributed by atoms with Gasteiger partial charge in [0, 0.05) is 6.54 Å². The SMILES string of the molecule is Cc1ccc(N(CC(=O)Nc2ccccc2C(=O)NCC(C)C)S(=O)(=O)c2ccc(F)cc2)cc1. The molecule has 0 bridgehead atoms. The zero-order chi connectivity index (χ0) is 25.6. The van der Waals surface area contributed by atoms with Crippen molar-refractivity contribution in [2.45, 2.75) is 25.7 Å². The van der Waals surface area contributed by atoms with E-state index in [-0.39, 0.29) is 33.7 Å². The minimum Gasteiger partial charge on any atom is -0.352 e. The van der Waals surface area contributed by atoms with E-state index in [9.17, 15) is 22.4 Å². The van der Waals surface area contributed by atoms with E-state index in [2.05, 4.69) is 10.6 Å². The Hall–Kier alpha value is -3.72. The fraction of sp³-hybridized carbons (Fsp3) is 0.231. The summed E-state index contributed by atoms with van der Waals surface area (Å²) >= 11 is 0. The van der Waals surface area contributed by atoms with Crippen LogP contribution in [0.25, 0.3) is 0 Å². The average molecular weight is 498 g/mol. The number of amides is 2. The Morgan fingerprint density at radius 2 is 1.57 bits per heavy atom. The molecular formula is C26H28FN3O4S. The topological polar surface area (TPSA) is 95.6 Å². The van der Waals surface area contributed by atoms with Gasteiger partial charge in [0.25, 0.3) is 15.9 Å². The predicted octanol–water partition coefficient (Wildman–Crippen LogP) is 4.35. The van der Waals surface area contributed by atoms with Crippen LogP contribution in [0, 0.1) is 18.7 Å². The second-order valence-electron chi connectivity index (χ2n) is 8.50. The summed E-state index contributed by atoms with van der Waals surface area (Å²) in [6.07, 6.45) is 0. The lowest BCUT2D eigenvalue weighted by atomic mass is 10.1. The number of carbonyl (C=O) groups excluding carboxylic acids is 2. The monoisotopic (exact) mass is 497 g/mol. The lowest BCUT2D eigenvalue weighted by Gasteiger charge is -2.24. The molecule has 2 N–H and O–H groups in total. The molecule has 7 nitrogen and oxygen atoms in total.